The summed E-state index contributed by atoms with van der Waals surface area (Å²) in [6, 6.07) is 2.90. The average Bonchev–Trinajstić information content (AvgIpc) is 2.37. The van der Waals surface area contributed by atoms with E-state index < -0.39 is 42.3 Å². The summed E-state index contributed by atoms with van der Waals surface area (Å²) in [4.78, 5) is 11.3. The molecule has 0 aliphatic heterocycles. The van der Waals surface area contributed by atoms with E-state index in [9.17, 15) is 22.4 Å². The number of benzene rings is 1. The molecule has 1 rings (SSSR count). The molecule has 0 saturated carbocycles. The standard InChI is InChI=1S/C15H20F4N2O2/c1-14(2,3)23-13(22)21-9-15(18,19)8-20-7-10-4-5-11(16)6-12(10)17/h4-6,20H,7-9H2,1-3H3,(H,21,22). The molecule has 4 nitrogen and oxygen atoms in total. The minimum atomic E-state index is -3.24. The summed E-state index contributed by atoms with van der Waals surface area (Å²) in [6.45, 7) is 2.96. The molecule has 0 bridgehead atoms. The average molecular weight is 336 g/mol. The van der Waals surface area contributed by atoms with Crippen LogP contribution in [0.5, 0.6) is 0 Å². The molecule has 1 aromatic rings. The van der Waals surface area contributed by atoms with E-state index in [2.05, 4.69) is 5.32 Å². The van der Waals surface area contributed by atoms with Crippen molar-refractivity contribution in [2.24, 2.45) is 0 Å². The number of hydrogen-bond acceptors (Lipinski definition) is 3. The van der Waals surface area contributed by atoms with Crippen LogP contribution in [0, 0.1) is 11.6 Å². The van der Waals surface area contributed by atoms with Gasteiger partial charge in [-0.05, 0) is 26.8 Å². The number of ether oxygens (including phenoxy) is 1. The van der Waals surface area contributed by atoms with Crippen molar-refractivity contribution < 1.29 is 27.1 Å². The van der Waals surface area contributed by atoms with Crippen LogP contribution in [0.2, 0.25) is 0 Å². The van der Waals surface area contributed by atoms with E-state index in [1.165, 1.54) is 6.07 Å². The Morgan fingerprint density at radius 3 is 2.39 bits per heavy atom. The first-order valence-corrected chi connectivity index (χ1v) is 6.98. The van der Waals surface area contributed by atoms with Gasteiger partial charge in [0, 0.05) is 18.2 Å². The lowest BCUT2D eigenvalue weighted by Gasteiger charge is -2.22. The molecule has 8 heteroatoms. The third-order valence-corrected chi connectivity index (χ3v) is 2.60. The maximum absolute atomic E-state index is 13.6. The first-order chi connectivity index (χ1) is 10.5. The number of carbonyl (C=O) groups excluding carboxylic acids is 1. The molecule has 0 aliphatic carbocycles. The number of halogens is 4. The van der Waals surface area contributed by atoms with Crippen LogP contribution >= 0.6 is 0 Å². The van der Waals surface area contributed by atoms with Crippen molar-refractivity contribution in [2.75, 3.05) is 13.1 Å². The summed E-state index contributed by atoms with van der Waals surface area (Å²) in [5, 5.41) is 4.34. The Balaban J connectivity index is 2.39. The number of amides is 1. The second-order valence-corrected chi connectivity index (χ2v) is 6.05. The van der Waals surface area contributed by atoms with Gasteiger partial charge in [-0.2, -0.15) is 0 Å². The largest absolute Gasteiger partial charge is 0.444 e. The van der Waals surface area contributed by atoms with Crippen molar-refractivity contribution in [3.05, 3.63) is 35.4 Å². The molecule has 1 amide bonds. The number of carbonyl (C=O) groups is 1. The molecule has 0 unspecified atom stereocenters. The SMILES string of the molecule is CC(C)(C)OC(=O)NCC(F)(F)CNCc1ccc(F)cc1F. The Kier molecular flexibility index (Phi) is 6.37. The van der Waals surface area contributed by atoms with Gasteiger partial charge < -0.3 is 15.4 Å². The zero-order chi connectivity index (χ0) is 17.7. The summed E-state index contributed by atoms with van der Waals surface area (Å²) in [7, 11) is 0. The molecule has 0 fully saturated rings. The predicted molar refractivity (Wildman–Crippen MR) is 77.2 cm³/mol. The lowest BCUT2D eigenvalue weighted by molar-refractivity contribution is -0.00381. The molecule has 23 heavy (non-hydrogen) atoms. The van der Waals surface area contributed by atoms with E-state index >= 15 is 0 Å². The van der Waals surface area contributed by atoms with Crippen LogP contribution in [0.4, 0.5) is 22.4 Å². The Bertz CT molecular complexity index is 545. The number of alkyl carbamates (subject to hydrolysis) is 1. The minimum Gasteiger partial charge on any atom is -0.444 e. The van der Waals surface area contributed by atoms with Crippen LogP contribution in [0.1, 0.15) is 26.3 Å². The lowest BCUT2D eigenvalue weighted by atomic mass is 10.2. The summed E-state index contributed by atoms with van der Waals surface area (Å²) in [5.41, 5.74) is -0.708. The van der Waals surface area contributed by atoms with Crippen molar-refractivity contribution in [1.82, 2.24) is 10.6 Å². The van der Waals surface area contributed by atoms with Gasteiger partial charge in [0.15, 0.2) is 0 Å². The van der Waals surface area contributed by atoms with Gasteiger partial charge in [0.05, 0.1) is 13.1 Å². The van der Waals surface area contributed by atoms with Gasteiger partial charge in [-0.15, -0.1) is 0 Å². The van der Waals surface area contributed by atoms with Gasteiger partial charge >= 0.3 is 6.09 Å². The molecule has 0 spiro atoms. The third-order valence-electron chi connectivity index (χ3n) is 2.60. The number of alkyl halides is 2. The van der Waals surface area contributed by atoms with E-state index in [0.29, 0.717) is 6.07 Å². The molecule has 0 aliphatic rings. The van der Waals surface area contributed by atoms with E-state index in [-0.39, 0.29) is 12.1 Å². The fourth-order valence-electron chi connectivity index (χ4n) is 1.62. The smallest absolute Gasteiger partial charge is 0.407 e. The normalized spacial score (nSPS) is 12.1. The highest BCUT2D eigenvalue weighted by molar-refractivity contribution is 5.67. The Hall–Kier alpha value is -1.83. The van der Waals surface area contributed by atoms with E-state index in [1.54, 1.807) is 20.8 Å². The van der Waals surface area contributed by atoms with Crippen LogP contribution in [0.3, 0.4) is 0 Å². The maximum Gasteiger partial charge on any atom is 0.407 e. The summed E-state index contributed by atoms with van der Waals surface area (Å²) in [6.07, 6.45) is -0.943. The molecule has 2 N–H and O–H groups in total. The second-order valence-electron chi connectivity index (χ2n) is 6.05. The van der Waals surface area contributed by atoms with E-state index in [1.807, 2.05) is 5.32 Å². The van der Waals surface area contributed by atoms with Gasteiger partial charge in [0.1, 0.15) is 17.2 Å². The number of nitrogens with one attached hydrogen (secondary N) is 2. The first kappa shape index (κ1) is 19.2. The van der Waals surface area contributed by atoms with Crippen LogP contribution < -0.4 is 10.6 Å². The molecular weight excluding hydrogens is 316 g/mol. The predicted octanol–water partition coefficient (Wildman–Crippen LogP) is 3.21. The monoisotopic (exact) mass is 336 g/mol. The fraction of sp³-hybridized carbons (Fsp3) is 0.533. The summed E-state index contributed by atoms with van der Waals surface area (Å²) >= 11 is 0. The molecule has 0 saturated heterocycles. The zero-order valence-electron chi connectivity index (χ0n) is 13.2. The molecule has 0 atom stereocenters. The van der Waals surface area contributed by atoms with Gasteiger partial charge in [0.2, 0.25) is 0 Å². The molecule has 0 radical (unpaired) electrons. The highest BCUT2D eigenvalue weighted by Crippen LogP contribution is 2.13. The van der Waals surface area contributed by atoms with Crippen molar-refractivity contribution in [3.63, 3.8) is 0 Å². The fourth-order valence-corrected chi connectivity index (χ4v) is 1.62. The van der Waals surface area contributed by atoms with Gasteiger partial charge in [-0.1, -0.05) is 6.07 Å². The number of rotatable bonds is 6. The third kappa shape index (κ3) is 7.83. The van der Waals surface area contributed by atoms with Gasteiger partial charge in [-0.3, -0.25) is 0 Å². The van der Waals surface area contributed by atoms with Gasteiger partial charge in [0.25, 0.3) is 5.92 Å². The highest BCUT2D eigenvalue weighted by atomic mass is 19.3. The van der Waals surface area contributed by atoms with Crippen molar-refractivity contribution in [3.8, 4) is 0 Å². The summed E-state index contributed by atoms with van der Waals surface area (Å²) in [5.74, 6) is -4.79. The topological polar surface area (TPSA) is 50.4 Å². The van der Waals surface area contributed by atoms with E-state index in [0.717, 1.165) is 6.07 Å². The van der Waals surface area contributed by atoms with Crippen molar-refractivity contribution in [1.29, 1.82) is 0 Å². The van der Waals surface area contributed by atoms with Crippen LogP contribution in [0.15, 0.2) is 18.2 Å². The van der Waals surface area contributed by atoms with Crippen LogP contribution in [-0.2, 0) is 11.3 Å². The molecule has 0 heterocycles. The Morgan fingerprint density at radius 2 is 1.83 bits per heavy atom. The summed E-state index contributed by atoms with van der Waals surface area (Å²) < 4.78 is 58.1. The maximum atomic E-state index is 13.6. The quantitative estimate of drug-likeness (QED) is 0.785. The highest BCUT2D eigenvalue weighted by Gasteiger charge is 2.30. The van der Waals surface area contributed by atoms with Gasteiger partial charge in [-0.25, -0.2) is 22.4 Å². The van der Waals surface area contributed by atoms with Crippen LogP contribution in [0.25, 0.3) is 0 Å². The molecule has 130 valence electrons. The Labute approximate surface area is 132 Å². The zero-order valence-corrected chi connectivity index (χ0v) is 13.2. The lowest BCUT2D eigenvalue weighted by Crippen LogP contribution is -2.44. The van der Waals surface area contributed by atoms with Crippen molar-refractivity contribution >= 4 is 6.09 Å². The second kappa shape index (κ2) is 7.63. The molecular formula is C15H20F4N2O2. The molecule has 0 aromatic heterocycles. The van der Waals surface area contributed by atoms with Crippen molar-refractivity contribution in [2.45, 2.75) is 38.8 Å². The minimum absolute atomic E-state index is 0.0716. The Morgan fingerprint density at radius 1 is 1.17 bits per heavy atom. The molecule has 1 aromatic carbocycles. The van der Waals surface area contributed by atoms with E-state index in [4.69, 9.17) is 4.74 Å². The number of hydrogen-bond donors (Lipinski definition) is 2. The first-order valence-electron chi connectivity index (χ1n) is 6.98. The van der Waals surface area contributed by atoms with Crippen LogP contribution in [-0.4, -0.2) is 30.7 Å².